The van der Waals surface area contributed by atoms with E-state index in [1.807, 2.05) is 18.2 Å². The van der Waals surface area contributed by atoms with Gasteiger partial charge in [-0.25, -0.2) is 0 Å². The molecule has 3 nitrogen and oxygen atoms in total. The first-order valence-corrected chi connectivity index (χ1v) is 11.2. The van der Waals surface area contributed by atoms with Crippen molar-refractivity contribution < 1.29 is 4.79 Å². The fraction of sp³-hybridized carbons (Fsp3) is 0.458. The van der Waals surface area contributed by atoms with E-state index >= 15 is 0 Å². The molecule has 2 unspecified atom stereocenters. The van der Waals surface area contributed by atoms with Crippen LogP contribution in [-0.2, 0) is 12.8 Å². The van der Waals surface area contributed by atoms with Crippen LogP contribution in [0.1, 0.15) is 66.9 Å². The van der Waals surface area contributed by atoms with E-state index in [0.717, 1.165) is 34.5 Å². The predicted molar refractivity (Wildman–Crippen MR) is 119 cm³/mol. The standard InChI is InChI=1S/C24H30N2OS/c1-5-24(3,4)17-11-12-18-19(14-17)28-23-20(18)22(27)25-21(26-23)15(2)13-16-9-7-6-8-10-16/h6-10,13,17,21,26H,5,11-12,14H2,1-4H3,(H,25,27). The van der Waals surface area contributed by atoms with Gasteiger partial charge in [0.15, 0.2) is 0 Å². The van der Waals surface area contributed by atoms with Crippen LogP contribution in [0.25, 0.3) is 6.08 Å². The molecule has 4 heteroatoms. The third kappa shape index (κ3) is 3.50. The summed E-state index contributed by atoms with van der Waals surface area (Å²) in [5, 5.41) is 7.81. The molecular weight excluding hydrogens is 364 g/mol. The molecule has 4 rings (SSSR count). The van der Waals surface area contributed by atoms with E-state index in [0.29, 0.717) is 11.3 Å². The fourth-order valence-electron chi connectivity index (χ4n) is 4.38. The maximum atomic E-state index is 12.9. The average molecular weight is 395 g/mol. The monoisotopic (exact) mass is 394 g/mol. The fourth-order valence-corrected chi connectivity index (χ4v) is 5.73. The highest BCUT2D eigenvalue weighted by molar-refractivity contribution is 7.16. The van der Waals surface area contributed by atoms with Gasteiger partial charge < -0.3 is 10.6 Å². The van der Waals surface area contributed by atoms with Crippen molar-refractivity contribution in [2.45, 2.75) is 59.5 Å². The number of nitrogens with one attached hydrogen (secondary N) is 2. The van der Waals surface area contributed by atoms with Crippen molar-refractivity contribution in [1.82, 2.24) is 5.32 Å². The summed E-state index contributed by atoms with van der Waals surface area (Å²) in [6.45, 7) is 9.13. The number of hydrogen-bond donors (Lipinski definition) is 2. The number of rotatable bonds is 4. The first-order valence-electron chi connectivity index (χ1n) is 10.3. The molecule has 2 N–H and O–H groups in total. The Kier molecular flexibility index (Phi) is 5.09. The van der Waals surface area contributed by atoms with Crippen LogP contribution < -0.4 is 10.6 Å². The molecule has 2 aromatic rings. The SMILES string of the molecule is CCC(C)(C)C1CCc2c(sc3c2C(=O)NC(C(C)=Cc2ccccc2)N3)C1. The quantitative estimate of drug-likeness (QED) is 0.680. The summed E-state index contributed by atoms with van der Waals surface area (Å²) >= 11 is 1.80. The molecule has 0 bridgehead atoms. The van der Waals surface area contributed by atoms with E-state index in [4.69, 9.17) is 0 Å². The lowest BCUT2D eigenvalue weighted by Gasteiger charge is -2.36. The molecule has 1 aromatic carbocycles. The molecule has 0 radical (unpaired) electrons. The second kappa shape index (κ2) is 7.40. The normalized spacial score (nSPS) is 22.1. The van der Waals surface area contributed by atoms with Crippen molar-refractivity contribution in [3.05, 3.63) is 57.5 Å². The van der Waals surface area contributed by atoms with Gasteiger partial charge in [-0.05, 0) is 54.2 Å². The van der Waals surface area contributed by atoms with Gasteiger partial charge in [0.25, 0.3) is 5.91 Å². The van der Waals surface area contributed by atoms with Crippen molar-refractivity contribution >= 4 is 28.3 Å². The minimum absolute atomic E-state index is 0.0743. The number of anilines is 1. The Morgan fingerprint density at radius 3 is 2.71 bits per heavy atom. The van der Waals surface area contributed by atoms with E-state index < -0.39 is 0 Å². The van der Waals surface area contributed by atoms with Crippen molar-refractivity contribution in [2.75, 3.05) is 5.32 Å². The zero-order valence-corrected chi connectivity index (χ0v) is 18.1. The van der Waals surface area contributed by atoms with Gasteiger partial charge in [-0.2, -0.15) is 0 Å². The van der Waals surface area contributed by atoms with E-state index in [2.05, 4.69) is 56.5 Å². The van der Waals surface area contributed by atoms with Gasteiger partial charge in [-0.3, -0.25) is 4.79 Å². The largest absolute Gasteiger partial charge is 0.353 e. The summed E-state index contributed by atoms with van der Waals surface area (Å²) < 4.78 is 0. The first-order chi connectivity index (χ1) is 13.4. The van der Waals surface area contributed by atoms with Gasteiger partial charge in [0.05, 0.1) is 5.56 Å². The summed E-state index contributed by atoms with van der Waals surface area (Å²) in [5.41, 5.74) is 4.81. The maximum absolute atomic E-state index is 12.9. The van der Waals surface area contributed by atoms with E-state index in [1.165, 1.54) is 23.3 Å². The maximum Gasteiger partial charge on any atom is 0.256 e. The highest BCUT2D eigenvalue weighted by atomic mass is 32.1. The Labute approximate surface area is 172 Å². The van der Waals surface area contributed by atoms with Gasteiger partial charge >= 0.3 is 0 Å². The van der Waals surface area contributed by atoms with Crippen LogP contribution in [0.3, 0.4) is 0 Å². The van der Waals surface area contributed by atoms with Crippen LogP contribution in [0.15, 0.2) is 35.9 Å². The Hall–Kier alpha value is -2.07. The summed E-state index contributed by atoms with van der Waals surface area (Å²) in [6, 6.07) is 10.2. The topological polar surface area (TPSA) is 41.1 Å². The molecule has 0 fully saturated rings. The zero-order valence-electron chi connectivity index (χ0n) is 17.3. The predicted octanol–water partition coefficient (Wildman–Crippen LogP) is 5.87. The summed E-state index contributed by atoms with van der Waals surface area (Å²) in [4.78, 5) is 14.4. The molecular formula is C24H30N2OS. The van der Waals surface area contributed by atoms with Gasteiger partial charge in [0, 0.05) is 4.88 Å². The van der Waals surface area contributed by atoms with Crippen molar-refractivity contribution in [3.8, 4) is 0 Å². The third-order valence-corrected chi connectivity index (χ3v) is 7.89. The Bertz CT molecular complexity index is 910. The summed E-state index contributed by atoms with van der Waals surface area (Å²) in [5.74, 6) is 0.772. The van der Waals surface area contributed by atoms with Gasteiger partial charge in [0.2, 0.25) is 0 Å². The van der Waals surface area contributed by atoms with E-state index in [-0.39, 0.29) is 12.1 Å². The molecule has 28 heavy (non-hydrogen) atoms. The molecule has 1 aromatic heterocycles. The zero-order chi connectivity index (χ0) is 19.9. The molecule has 2 aliphatic rings. The molecule has 1 aliphatic carbocycles. The number of fused-ring (bicyclic) bond motifs is 3. The van der Waals surface area contributed by atoms with Crippen LogP contribution >= 0.6 is 11.3 Å². The van der Waals surface area contributed by atoms with Gasteiger partial charge in [0.1, 0.15) is 11.2 Å². The van der Waals surface area contributed by atoms with Crippen LogP contribution in [0.5, 0.6) is 0 Å². The lowest BCUT2D eigenvalue weighted by Crippen LogP contribution is -2.45. The lowest BCUT2D eigenvalue weighted by atomic mass is 9.69. The molecule has 0 spiro atoms. The Morgan fingerprint density at radius 2 is 2.00 bits per heavy atom. The number of carbonyl (C=O) groups is 1. The molecule has 1 aliphatic heterocycles. The second-order valence-electron chi connectivity index (χ2n) is 8.84. The van der Waals surface area contributed by atoms with Crippen LogP contribution in [0.2, 0.25) is 0 Å². The van der Waals surface area contributed by atoms with E-state index in [1.54, 1.807) is 11.3 Å². The molecule has 0 saturated heterocycles. The highest BCUT2D eigenvalue weighted by Crippen LogP contribution is 2.46. The van der Waals surface area contributed by atoms with Crippen LogP contribution in [-0.4, -0.2) is 12.1 Å². The van der Waals surface area contributed by atoms with Crippen LogP contribution in [0.4, 0.5) is 5.00 Å². The van der Waals surface area contributed by atoms with Gasteiger partial charge in [-0.1, -0.05) is 63.6 Å². The number of carbonyl (C=O) groups excluding carboxylic acids is 1. The molecule has 148 valence electrons. The molecule has 2 heterocycles. The Balaban J connectivity index is 1.59. The van der Waals surface area contributed by atoms with Gasteiger partial charge in [-0.15, -0.1) is 11.3 Å². The van der Waals surface area contributed by atoms with Crippen molar-refractivity contribution in [2.24, 2.45) is 11.3 Å². The number of hydrogen-bond acceptors (Lipinski definition) is 3. The highest BCUT2D eigenvalue weighted by Gasteiger charge is 2.37. The minimum Gasteiger partial charge on any atom is -0.353 e. The first kappa shape index (κ1) is 19.3. The minimum atomic E-state index is -0.150. The number of amides is 1. The third-order valence-electron chi connectivity index (χ3n) is 6.71. The molecule has 1 amide bonds. The number of benzene rings is 1. The number of thiophene rings is 1. The summed E-state index contributed by atoms with van der Waals surface area (Å²) in [7, 11) is 0. The smallest absolute Gasteiger partial charge is 0.256 e. The van der Waals surface area contributed by atoms with E-state index in [9.17, 15) is 4.79 Å². The van der Waals surface area contributed by atoms with Crippen molar-refractivity contribution in [3.63, 3.8) is 0 Å². The molecule has 2 atom stereocenters. The molecule has 0 saturated carbocycles. The average Bonchev–Trinajstić information content (AvgIpc) is 3.06. The van der Waals surface area contributed by atoms with Crippen LogP contribution in [0, 0.1) is 11.3 Å². The lowest BCUT2D eigenvalue weighted by molar-refractivity contribution is 0.0940. The Morgan fingerprint density at radius 1 is 1.25 bits per heavy atom. The van der Waals surface area contributed by atoms with Crippen molar-refractivity contribution in [1.29, 1.82) is 0 Å². The summed E-state index contributed by atoms with van der Waals surface area (Å²) in [6.07, 6.45) is 6.49. The second-order valence-corrected chi connectivity index (χ2v) is 9.94.